The molecular weight excluding hydrogens is 342 g/mol. The zero-order valence-corrected chi connectivity index (χ0v) is 14.5. The third kappa shape index (κ3) is 4.56. The number of amides is 1. The number of nitrogens with one attached hydrogen (secondary N) is 1. The Hall–Kier alpha value is -2.38. The van der Waals surface area contributed by atoms with Gasteiger partial charge in [0.15, 0.2) is 5.13 Å². The number of benzene rings is 1. The molecule has 0 unspecified atom stereocenters. The highest BCUT2D eigenvalue weighted by atomic mass is 32.1. The number of ether oxygens (including phenoxy) is 1. The first-order valence-corrected chi connectivity index (χ1v) is 9.20. The smallest absolute Gasteiger partial charge is 0.223 e. The molecule has 7 heteroatoms. The molecule has 1 amide bonds. The zero-order chi connectivity index (χ0) is 16.8. The van der Waals surface area contributed by atoms with E-state index < -0.39 is 0 Å². The molecule has 0 aliphatic rings. The largest absolute Gasteiger partial charge is 0.493 e. The van der Waals surface area contributed by atoms with E-state index >= 15 is 0 Å². The normalized spacial score (nSPS) is 10.5. The summed E-state index contributed by atoms with van der Waals surface area (Å²) >= 11 is 3.02. The second-order valence-electron chi connectivity index (χ2n) is 5.08. The summed E-state index contributed by atoms with van der Waals surface area (Å²) in [4.78, 5) is 17.2. The number of thiophene rings is 1. The van der Waals surface area contributed by atoms with Crippen molar-refractivity contribution in [2.75, 3.05) is 12.3 Å². The molecule has 0 saturated heterocycles. The minimum Gasteiger partial charge on any atom is -0.493 e. The van der Waals surface area contributed by atoms with E-state index in [1.807, 2.05) is 47.2 Å². The van der Waals surface area contributed by atoms with Gasteiger partial charge in [0, 0.05) is 11.9 Å². The number of thiazole rings is 1. The molecule has 0 aliphatic heterocycles. The van der Waals surface area contributed by atoms with Gasteiger partial charge in [-0.3, -0.25) is 4.79 Å². The number of para-hydroxylation sites is 1. The van der Waals surface area contributed by atoms with Crippen LogP contribution in [0, 0.1) is 0 Å². The van der Waals surface area contributed by atoms with Crippen molar-refractivity contribution in [3.63, 3.8) is 0 Å². The first kappa shape index (κ1) is 16.5. The Kier molecular flexibility index (Phi) is 5.45. The first-order valence-electron chi connectivity index (χ1n) is 7.44. The predicted octanol–water partition coefficient (Wildman–Crippen LogP) is 3.54. The van der Waals surface area contributed by atoms with Crippen LogP contribution >= 0.6 is 22.7 Å². The van der Waals surface area contributed by atoms with E-state index in [1.54, 1.807) is 11.3 Å². The van der Waals surface area contributed by atoms with Crippen molar-refractivity contribution in [3.8, 4) is 16.3 Å². The van der Waals surface area contributed by atoms with Gasteiger partial charge in [-0.05, 0) is 29.1 Å². The van der Waals surface area contributed by atoms with Crippen LogP contribution in [0.5, 0.6) is 5.75 Å². The summed E-state index contributed by atoms with van der Waals surface area (Å²) in [5, 5.41) is 7.42. The van der Waals surface area contributed by atoms with E-state index in [9.17, 15) is 4.79 Å². The molecule has 5 nitrogen and oxygen atoms in total. The maximum absolute atomic E-state index is 11.9. The summed E-state index contributed by atoms with van der Waals surface area (Å²) in [6, 6.07) is 11.5. The summed E-state index contributed by atoms with van der Waals surface area (Å²) < 4.78 is 5.52. The number of carbonyl (C=O) groups excluding carboxylic acids is 1. The van der Waals surface area contributed by atoms with Gasteiger partial charge in [0.05, 0.1) is 23.6 Å². The average Bonchev–Trinajstić information content (AvgIpc) is 3.23. The molecule has 0 spiro atoms. The standard InChI is InChI=1S/C17H17N3O2S2/c18-17-20-14(11-24-17)15-8-12(10-23-15)9-19-16(21)6-7-22-13-4-2-1-3-5-13/h1-5,8,10-11H,6-7,9H2,(H2,18,20)(H,19,21). The average molecular weight is 359 g/mol. The van der Waals surface area contributed by atoms with E-state index in [1.165, 1.54) is 11.3 Å². The number of carbonyl (C=O) groups is 1. The molecule has 1 aromatic carbocycles. The SMILES string of the molecule is Nc1nc(-c2cc(CNC(=O)CCOc3ccccc3)cs2)cs1. The predicted molar refractivity (Wildman–Crippen MR) is 98.2 cm³/mol. The molecule has 3 rings (SSSR count). The lowest BCUT2D eigenvalue weighted by atomic mass is 10.2. The van der Waals surface area contributed by atoms with Crippen LogP contribution in [0.15, 0.2) is 47.2 Å². The Labute approximate surface area is 148 Å². The summed E-state index contributed by atoms with van der Waals surface area (Å²) in [6.45, 7) is 0.864. The van der Waals surface area contributed by atoms with Crippen LogP contribution < -0.4 is 15.8 Å². The van der Waals surface area contributed by atoms with Crippen LogP contribution in [0.2, 0.25) is 0 Å². The molecule has 3 N–H and O–H groups in total. The molecule has 2 aromatic heterocycles. The van der Waals surface area contributed by atoms with Crippen molar-refractivity contribution in [2.24, 2.45) is 0 Å². The van der Waals surface area contributed by atoms with Crippen molar-refractivity contribution in [1.82, 2.24) is 10.3 Å². The van der Waals surface area contributed by atoms with E-state index in [0.717, 1.165) is 21.9 Å². The Morgan fingerprint density at radius 3 is 2.79 bits per heavy atom. The topological polar surface area (TPSA) is 77.2 Å². The van der Waals surface area contributed by atoms with E-state index in [2.05, 4.69) is 10.3 Å². The fourth-order valence-electron chi connectivity index (χ4n) is 2.07. The third-order valence-electron chi connectivity index (χ3n) is 3.26. The zero-order valence-electron chi connectivity index (χ0n) is 12.9. The van der Waals surface area contributed by atoms with E-state index in [-0.39, 0.29) is 5.91 Å². The third-order valence-corrected chi connectivity index (χ3v) is 4.93. The van der Waals surface area contributed by atoms with Gasteiger partial charge in [-0.1, -0.05) is 18.2 Å². The summed E-state index contributed by atoms with van der Waals surface area (Å²) in [6.07, 6.45) is 0.328. The highest BCUT2D eigenvalue weighted by Crippen LogP contribution is 2.29. The lowest BCUT2D eigenvalue weighted by Gasteiger charge is -2.06. The van der Waals surface area contributed by atoms with Crippen LogP contribution in [0.25, 0.3) is 10.6 Å². The molecule has 2 heterocycles. The molecule has 124 valence electrons. The number of hydrogen-bond donors (Lipinski definition) is 2. The van der Waals surface area contributed by atoms with Crippen molar-refractivity contribution >= 4 is 33.7 Å². The maximum Gasteiger partial charge on any atom is 0.223 e. The second-order valence-corrected chi connectivity index (χ2v) is 6.88. The van der Waals surface area contributed by atoms with Crippen LogP contribution in [0.3, 0.4) is 0 Å². The summed E-state index contributed by atoms with van der Waals surface area (Å²) in [7, 11) is 0. The Balaban J connectivity index is 1.42. The van der Waals surface area contributed by atoms with Crippen LogP contribution in [-0.4, -0.2) is 17.5 Å². The van der Waals surface area contributed by atoms with Gasteiger partial charge in [0.1, 0.15) is 5.75 Å². The number of nitrogens with two attached hydrogens (primary N) is 1. The number of rotatable bonds is 7. The second kappa shape index (κ2) is 7.94. The minimum absolute atomic E-state index is 0.0309. The number of nitrogens with zero attached hydrogens (tertiary/aromatic N) is 1. The summed E-state index contributed by atoms with van der Waals surface area (Å²) in [5.41, 5.74) is 7.59. The van der Waals surface area contributed by atoms with Gasteiger partial charge in [0.2, 0.25) is 5.91 Å². The van der Waals surface area contributed by atoms with E-state index in [4.69, 9.17) is 10.5 Å². The van der Waals surface area contributed by atoms with Crippen LogP contribution in [0.1, 0.15) is 12.0 Å². The molecule has 0 aliphatic carbocycles. The van der Waals surface area contributed by atoms with Crippen molar-refractivity contribution < 1.29 is 9.53 Å². The Morgan fingerprint density at radius 1 is 1.21 bits per heavy atom. The number of nitrogen functional groups attached to an aromatic ring is 1. The quantitative estimate of drug-likeness (QED) is 0.676. The van der Waals surface area contributed by atoms with Crippen molar-refractivity contribution in [1.29, 1.82) is 0 Å². The molecule has 0 atom stereocenters. The van der Waals surface area contributed by atoms with Crippen molar-refractivity contribution in [3.05, 3.63) is 52.7 Å². The molecular formula is C17H17N3O2S2. The van der Waals surface area contributed by atoms with Crippen molar-refractivity contribution in [2.45, 2.75) is 13.0 Å². The molecule has 0 saturated carbocycles. The van der Waals surface area contributed by atoms with Gasteiger partial charge in [0.25, 0.3) is 0 Å². The van der Waals surface area contributed by atoms with Gasteiger partial charge >= 0.3 is 0 Å². The number of hydrogen-bond acceptors (Lipinski definition) is 6. The van der Waals surface area contributed by atoms with Crippen LogP contribution in [0.4, 0.5) is 5.13 Å². The van der Waals surface area contributed by atoms with Gasteiger partial charge in [-0.15, -0.1) is 22.7 Å². The molecule has 24 heavy (non-hydrogen) atoms. The minimum atomic E-state index is -0.0309. The molecule has 3 aromatic rings. The highest BCUT2D eigenvalue weighted by Gasteiger charge is 2.08. The van der Waals surface area contributed by atoms with Gasteiger partial charge in [-0.25, -0.2) is 4.98 Å². The monoisotopic (exact) mass is 359 g/mol. The summed E-state index contributed by atoms with van der Waals surface area (Å²) in [5.74, 6) is 0.742. The Morgan fingerprint density at radius 2 is 2.04 bits per heavy atom. The fraction of sp³-hybridized carbons (Fsp3) is 0.176. The van der Waals surface area contributed by atoms with Gasteiger partial charge < -0.3 is 15.8 Å². The number of anilines is 1. The molecule has 0 fully saturated rings. The van der Waals surface area contributed by atoms with Gasteiger partial charge in [-0.2, -0.15) is 0 Å². The van der Waals surface area contributed by atoms with Crippen LogP contribution in [-0.2, 0) is 11.3 Å². The molecule has 0 bridgehead atoms. The first-order chi connectivity index (χ1) is 11.7. The Bertz CT molecular complexity index is 799. The number of aromatic nitrogens is 1. The fourth-order valence-corrected chi connectivity index (χ4v) is 3.58. The maximum atomic E-state index is 11.9. The molecule has 0 radical (unpaired) electrons. The highest BCUT2D eigenvalue weighted by molar-refractivity contribution is 7.15. The lowest BCUT2D eigenvalue weighted by molar-refractivity contribution is -0.121. The lowest BCUT2D eigenvalue weighted by Crippen LogP contribution is -2.24. The van der Waals surface area contributed by atoms with E-state index in [0.29, 0.717) is 24.7 Å².